The molecule has 3 heterocycles. The maximum Gasteiger partial charge on any atom is 0.276 e. The zero-order valence-corrected chi connectivity index (χ0v) is 19.5. The Morgan fingerprint density at radius 3 is 2.36 bits per heavy atom. The topological polar surface area (TPSA) is 62.6 Å². The van der Waals surface area contributed by atoms with Crippen molar-refractivity contribution in [2.24, 2.45) is 0 Å². The molecule has 4 aromatic rings. The molecule has 6 nitrogen and oxygen atoms in total. The van der Waals surface area contributed by atoms with Gasteiger partial charge in [0, 0.05) is 35.8 Å². The fraction of sp³-hybridized carbons (Fsp3) is 0.333. The number of hydrogen-bond acceptors (Lipinski definition) is 4. The highest BCUT2D eigenvalue weighted by Gasteiger charge is 2.26. The third-order valence-corrected chi connectivity index (χ3v) is 6.76. The molecular formula is C27H30N4O2. The lowest BCUT2D eigenvalue weighted by molar-refractivity contribution is 0.414. The largest absolute Gasteiger partial charge is 0.497 e. The summed E-state index contributed by atoms with van der Waals surface area (Å²) in [6, 6.07) is 18.1. The van der Waals surface area contributed by atoms with Gasteiger partial charge in [-0.1, -0.05) is 49.4 Å². The number of hydrogen-bond donors (Lipinski definition) is 1. The molecule has 1 aliphatic heterocycles. The minimum absolute atomic E-state index is 0.0405. The molecule has 6 heteroatoms. The van der Waals surface area contributed by atoms with E-state index in [9.17, 15) is 4.79 Å². The highest BCUT2D eigenvalue weighted by atomic mass is 16.5. The Morgan fingerprint density at radius 1 is 1.00 bits per heavy atom. The average Bonchev–Trinajstić information content (AvgIpc) is 3.24. The Hall–Kier alpha value is -3.54. The third-order valence-electron chi connectivity index (χ3n) is 6.76. The molecule has 0 radical (unpaired) electrons. The van der Waals surface area contributed by atoms with Crippen LogP contribution in [0.2, 0.25) is 0 Å². The van der Waals surface area contributed by atoms with E-state index in [2.05, 4.69) is 29.1 Å². The Morgan fingerprint density at radius 2 is 1.70 bits per heavy atom. The van der Waals surface area contributed by atoms with Gasteiger partial charge in [0.25, 0.3) is 5.56 Å². The molecule has 170 valence electrons. The maximum absolute atomic E-state index is 13.8. The zero-order valence-electron chi connectivity index (χ0n) is 19.5. The zero-order chi connectivity index (χ0) is 22.9. The van der Waals surface area contributed by atoms with Crippen molar-refractivity contribution in [3.8, 4) is 17.0 Å². The minimum Gasteiger partial charge on any atom is -0.497 e. The van der Waals surface area contributed by atoms with Gasteiger partial charge in [0.1, 0.15) is 11.4 Å². The number of rotatable bonds is 5. The molecule has 1 N–H and O–H groups in total. The molecular weight excluding hydrogens is 412 g/mol. The second-order valence-electron chi connectivity index (χ2n) is 8.82. The summed E-state index contributed by atoms with van der Waals surface area (Å²) in [5.74, 6) is 0.714. The highest BCUT2D eigenvalue weighted by Crippen LogP contribution is 2.35. The van der Waals surface area contributed by atoms with Crippen LogP contribution in [0, 0.1) is 6.92 Å². The Labute approximate surface area is 193 Å². The molecule has 33 heavy (non-hydrogen) atoms. The molecule has 2 aromatic heterocycles. The maximum atomic E-state index is 13.8. The molecule has 0 amide bonds. The number of nitrogens with one attached hydrogen (secondary N) is 1. The summed E-state index contributed by atoms with van der Waals surface area (Å²) >= 11 is 0. The van der Waals surface area contributed by atoms with Gasteiger partial charge in [0.2, 0.25) is 0 Å². The van der Waals surface area contributed by atoms with E-state index in [4.69, 9.17) is 9.72 Å². The van der Waals surface area contributed by atoms with Crippen LogP contribution in [0.5, 0.6) is 5.75 Å². The van der Waals surface area contributed by atoms with E-state index in [1.165, 1.54) is 6.42 Å². The van der Waals surface area contributed by atoms with Crippen molar-refractivity contribution in [2.45, 2.75) is 39.0 Å². The van der Waals surface area contributed by atoms with Gasteiger partial charge in [-0.05, 0) is 43.9 Å². The van der Waals surface area contributed by atoms with Crippen LogP contribution in [0.1, 0.15) is 48.9 Å². The van der Waals surface area contributed by atoms with Gasteiger partial charge >= 0.3 is 0 Å². The van der Waals surface area contributed by atoms with Crippen molar-refractivity contribution in [1.82, 2.24) is 14.6 Å². The number of aromatic nitrogens is 3. The molecule has 0 aliphatic carbocycles. The fourth-order valence-electron chi connectivity index (χ4n) is 4.96. The first-order valence-corrected chi connectivity index (χ1v) is 11.7. The van der Waals surface area contributed by atoms with E-state index in [1.54, 1.807) is 11.6 Å². The molecule has 5 rings (SSSR count). The number of anilines is 1. The van der Waals surface area contributed by atoms with E-state index >= 15 is 0 Å². The van der Waals surface area contributed by atoms with Crippen molar-refractivity contribution in [3.05, 3.63) is 81.8 Å². The lowest BCUT2D eigenvalue weighted by Gasteiger charge is -2.28. The number of ether oxygens (including phenoxy) is 1. The number of benzene rings is 2. The molecule has 1 aliphatic rings. The summed E-state index contributed by atoms with van der Waals surface area (Å²) in [5.41, 5.74) is 6.27. The number of aromatic amines is 1. The molecule has 2 aromatic carbocycles. The van der Waals surface area contributed by atoms with Gasteiger partial charge < -0.3 is 9.64 Å². The Kier molecular flexibility index (Phi) is 5.67. The quantitative estimate of drug-likeness (QED) is 0.464. The van der Waals surface area contributed by atoms with Crippen LogP contribution in [0.15, 0.2) is 59.4 Å². The van der Waals surface area contributed by atoms with Gasteiger partial charge in [0.15, 0.2) is 5.65 Å². The van der Waals surface area contributed by atoms with Crippen LogP contribution in [0.3, 0.4) is 0 Å². The Bertz CT molecular complexity index is 1320. The lowest BCUT2D eigenvalue weighted by atomic mass is 9.93. The average molecular weight is 443 g/mol. The van der Waals surface area contributed by atoms with Gasteiger partial charge in [-0.25, -0.2) is 4.98 Å². The van der Waals surface area contributed by atoms with E-state index in [1.807, 2.05) is 49.4 Å². The van der Waals surface area contributed by atoms with Crippen molar-refractivity contribution in [3.63, 3.8) is 0 Å². The second kappa shape index (κ2) is 8.77. The van der Waals surface area contributed by atoms with Crippen LogP contribution in [-0.2, 0) is 0 Å². The molecule has 1 fully saturated rings. The van der Waals surface area contributed by atoms with E-state index in [-0.39, 0.29) is 11.5 Å². The molecule has 0 bridgehead atoms. The van der Waals surface area contributed by atoms with Gasteiger partial charge in [-0.3, -0.25) is 9.89 Å². The van der Waals surface area contributed by atoms with Crippen LogP contribution in [0.25, 0.3) is 16.9 Å². The molecule has 0 unspecified atom stereocenters. The number of fused-ring (bicyclic) bond motifs is 1. The summed E-state index contributed by atoms with van der Waals surface area (Å²) in [4.78, 5) is 21.2. The third kappa shape index (κ3) is 3.80. The summed E-state index contributed by atoms with van der Waals surface area (Å²) in [6.07, 6.45) is 3.55. The second-order valence-corrected chi connectivity index (χ2v) is 8.82. The fourth-order valence-corrected chi connectivity index (χ4v) is 4.96. The SMILES string of the molecule is COc1ccc([C@@H](C)c2c(C)nc3c(N4CCCCC4)c(-c4ccccc4)[nH]n3c2=O)cc1. The van der Waals surface area contributed by atoms with Crippen molar-refractivity contribution < 1.29 is 4.74 Å². The predicted molar refractivity (Wildman–Crippen MR) is 133 cm³/mol. The molecule has 0 saturated carbocycles. The van der Waals surface area contributed by atoms with Gasteiger partial charge in [-0.15, -0.1) is 0 Å². The normalized spacial score (nSPS) is 15.1. The predicted octanol–water partition coefficient (Wildman–Crippen LogP) is 5.15. The van der Waals surface area contributed by atoms with Crippen LogP contribution >= 0.6 is 0 Å². The van der Waals surface area contributed by atoms with Crippen molar-refractivity contribution in [2.75, 3.05) is 25.1 Å². The smallest absolute Gasteiger partial charge is 0.276 e. The summed E-state index contributed by atoms with van der Waals surface area (Å²) in [5, 5.41) is 3.42. The number of aryl methyl sites for hydroxylation is 1. The first-order valence-electron chi connectivity index (χ1n) is 11.7. The number of methoxy groups -OCH3 is 1. The molecule has 1 saturated heterocycles. The molecule has 1 atom stereocenters. The van der Waals surface area contributed by atoms with Crippen LogP contribution in [0.4, 0.5) is 5.69 Å². The highest BCUT2D eigenvalue weighted by molar-refractivity contribution is 5.86. The summed E-state index contributed by atoms with van der Waals surface area (Å²) in [7, 11) is 1.66. The van der Waals surface area contributed by atoms with Gasteiger partial charge in [0.05, 0.1) is 12.8 Å². The summed E-state index contributed by atoms with van der Waals surface area (Å²) < 4.78 is 6.93. The first kappa shape index (κ1) is 21.3. The number of H-pyrrole nitrogens is 1. The number of piperidine rings is 1. The molecule has 0 spiro atoms. The monoisotopic (exact) mass is 442 g/mol. The van der Waals surface area contributed by atoms with Crippen molar-refractivity contribution in [1.29, 1.82) is 0 Å². The lowest BCUT2D eigenvalue weighted by Crippen LogP contribution is -2.30. The van der Waals surface area contributed by atoms with E-state index in [0.29, 0.717) is 11.2 Å². The van der Waals surface area contributed by atoms with Crippen LogP contribution < -0.4 is 15.2 Å². The first-order chi connectivity index (χ1) is 16.1. The standard InChI is InChI=1S/C27H30N4O2/c1-18(20-12-14-22(33-3)15-13-20)23-19(2)28-26-25(30-16-8-5-9-17-30)24(29-31(26)27(23)32)21-10-6-4-7-11-21/h4,6-7,10-15,18,29H,5,8-9,16-17H2,1-3H3/t18-/m1/s1. The minimum atomic E-state index is -0.0882. The number of nitrogens with zero attached hydrogens (tertiary/aromatic N) is 3. The summed E-state index contributed by atoms with van der Waals surface area (Å²) in [6.45, 7) is 5.97. The Balaban J connectivity index is 1.69. The van der Waals surface area contributed by atoms with Crippen LogP contribution in [-0.4, -0.2) is 34.8 Å². The van der Waals surface area contributed by atoms with Gasteiger partial charge in [-0.2, -0.15) is 4.52 Å². The van der Waals surface area contributed by atoms with Crippen molar-refractivity contribution >= 4 is 11.3 Å². The van der Waals surface area contributed by atoms with E-state index in [0.717, 1.165) is 59.9 Å². The van der Waals surface area contributed by atoms with E-state index < -0.39 is 0 Å².